The molecule has 0 aliphatic heterocycles. The fourth-order valence-corrected chi connectivity index (χ4v) is 1.65. The van der Waals surface area contributed by atoms with Gasteiger partial charge in [0.2, 0.25) is 0 Å². The minimum absolute atomic E-state index is 0.556. The van der Waals surface area contributed by atoms with E-state index in [9.17, 15) is 0 Å². The van der Waals surface area contributed by atoms with E-state index in [0.717, 1.165) is 0 Å². The van der Waals surface area contributed by atoms with E-state index >= 15 is 0 Å². The summed E-state index contributed by atoms with van der Waals surface area (Å²) in [7, 11) is 4.12. The van der Waals surface area contributed by atoms with Crippen molar-refractivity contribution in [1.82, 2.24) is 0 Å². The van der Waals surface area contributed by atoms with Crippen LogP contribution in [0.1, 0.15) is 26.7 Å². The predicted molar refractivity (Wildman–Crippen MR) is 68.8 cm³/mol. The molecule has 1 rings (SSSR count). The summed E-state index contributed by atoms with van der Waals surface area (Å²) in [6.45, 7) is 4.44. The Kier molecular flexibility index (Phi) is 4.47. The smallest absolute Gasteiger partial charge is 0.0362 e. The third kappa shape index (κ3) is 3.82. The van der Waals surface area contributed by atoms with E-state index in [4.69, 9.17) is 0 Å². The first-order valence-corrected chi connectivity index (χ1v) is 5.67. The molecule has 0 heterocycles. The van der Waals surface area contributed by atoms with Gasteiger partial charge in [-0.2, -0.15) is 0 Å². The maximum Gasteiger partial charge on any atom is 0.0362 e. The Hall–Kier alpha value is -1.18. The lowest BCUT2D eigenvalue weighted by Gasteiger charge is -2.16. The highest BCUT2D eigenvalue weighted by molar-refractivity contribution is 5.54. The molecule has 15 heavy (non-hydrogen) atoms. The maximum atomic E-state index is 3.49. The molecule has 0 bridgehead atoms. The van der Waals surface area contributed by atoms with Crippen molar-refractivity contribution in [2.45, 2.75) is 32.7 Å². The Morgan fingerprint density at radius 1 is 1.20 bits per heavy atom. The molecule has 0 aliphatic carbocycles. The van der Waals surface area contributed by atoms with Crippen LogP contribution in [-0.2, 0) is 0 Å². The van der Waals surface area contributed by atoms with Crippen molar-refractivity contribution in [2.24, 2.45) is 0 Å². The zero-order chi connectivity index (χ0) is 11.3. The highest BCUT2D eigenvalue weighted by Gasteiger charge is 2.00. The monoisotopic (exact) mass is 206 g/mol. The molecule has 2 nitrogen and oxygen atoms in total. The van der Waals surface area contributed by atoms with E-state index in [2.05, 4.69) is 62.4 Å². The van der Waals surface area contributed by atoms with Gasteiger partial charge in [0, 0.05) is 31.5 Å². The summed E-state index contributed by atoms with van der Waals surface area (Å²) in [5.74, 6) is 0. The van der Waals surface area contributed by atoms with E-state index < -0.39 is 0 Å². The molecule has 1 aromatic carbocycles. The maximum absolute atomic E-state index is 3.49. The normalized spacial score (nSPS) is 12.3. The molecule has 0 saturated carbocycles. The summed E-state index contributed by atoms with van der Waals surface area (Å²) in [5.41, 5.74) is 2.45. The van der Waals surface area contributed by atoms with Crippen molar-refractivity contribution >= 4 is 11.4 Å². The number of hydrogen-bond acceptors (Lipinski definition) is 2. The Morgan fingerprint density at radius 2 is 1.80 bits per heavy atom. The lowest BCUT2D eigenvalue weighted by molar-refractivity contribution is 0.690. The first-order chi connectivity index (χ1) is 7.13. The third-order valence-electron chi connectivity index (χ3n) is 2.52. The van der Waals surface area contributed by atoms with Gasteiger partial charge in [0.15, 0.2) is 0 Å². The van der Waals surface area contributed by atoms with E-state index in [1.54, 1.807) is 0 Å². The Morgan fingerprint density at radius 3 is 2.27 bits per heavy atom. The lowest BCUT2D eigenvalue weighted by atomic mass is 10.2. The number of nitrogens with one attached hydrogen (secondary N) is 1. The molecule has 0 aromatic heterocycles. The predicted octanol–water partition coefficient (Wildman–Crippen LogP) is 3.35. The molecular formula is C13H22N2. The first-order valence-electron chi connectivity index (χ1n) is 5.67. The number of anilines is 2. The molecule has 1 atom stereocenters. The van der Waals surface area contributed by atoms with Gasteiger partial charge in [0.25, 0.3) is 0 Å². The molecule has 0 fully saturated rings. The molecule has 0 aliphatic rings. The van der Waals surface area contributed by atoms with Crippen LogP contribution in [-0.4, -0.2) is 20.1 Å². The van der Waals surface area contributed by atoms with Gasteiger partial charge in [-0.1, -0.05) is 13.3 Å². The van der Waals surface area contributed by atoms with Crippen LogP contribution in [0.5, 0.6) is 0 Å². The summed E-state index contributed by atoms with van der Waals surface area (Å²) in [6.07, 6.45) is 2.44. The number of benzene rings is 1. The molecule has 1 aromatic rings. The minimum Gasteiger partial charge on any atom is -0.383 e. The minimum atomic E-state index is 0.556. The van der Waals surface area contributed by atoms with Gasteiger partial charge in [-0.15, -0.1) is 0 Å². The van der Waals surface area contributed by atoms with Crippen LogP contribution in [0.25, 0.3) is 0 Å². The zero-order valence-electron chi connectivity index (χ0n) is 10.2. The molecule has 0 unspecified atom stereocenters. The second-order valence-corrected chi connectivity index (χ2v) is 4.28. The fourth-order valence-electron chi connectivity index (χ4n) is 1.65. The summed E-state index contributed by atoms with van der Waals surface area (Å²) in [6, 6.07) is 9.12. The van der Waals surface area contributed by atoms with Gasteiger partial charge < -0.3 is 10.2 Å². The van der Waals surface area contributed by atoms with Crippen molar-refractivity contribution in [1.29, 1.82) is 0 Å². The van der Waals surface area contributed by atoms with E-state index in [-0.39, 0.29) is 0 Å². The third-order valence-corrected chi connectivity index (χ3v) is 2.52. The number of nitrogens with zero attached hydrogens (tertiary/aromatic N) is 1. The van der Waals surface area contributed by atoms with E-state index in [1.165, 1.54) is 24.2 Å². The molecule has 84 valence electrons. The number of hydrogen-bond donors (Lipinski definition) is 1. The Bertz CT molecular complexity index is 277. The van der Waals surface area contributed by atoms with Crippen molar-refractivity contribution in [3.05, 3.63) is 24.3 Å². The summed E-state index contributed by atoms with van der Waals surface area (Å²) in [4.78, 5) is 2.11. The van der Waals surface area contributed by atoms with Crippen LogP contribution in [0.4, 0.5) is 11.4 Å². The highest BCUT2D eigenvalue weighted by atomic mass is 15.1. The van der Waals surface area contributed by atoms with Gasteiger partial charge in [-0.3, -0.25) is 0 Å². The SMILES string of the molecule is CCC[C@H](C)Nc1ccc(N(C)C)cc1. The van der Waals surface area contributed by atoms with Gasteiger partial charge in [0.1, 0.15) is 0 Å². The fraction of sp³-hybridized carbons (Fsp3) is 0.538. The second kappa shape index (κ2) is 5.64. The van der Waals surface area contributed by atoms with Crippen LogP contribution in [0.3, 0.4) is 0 Å². The largest absolute Gasteiger partial charge is 0.383 e. The average molecular weight is 206 g/mol. The van der Waals surface area contributed by atoms with E-state index in [1.807, 2.05) is 0 Å². The Labute approximate surface area is 93.3 Å². The topological polar surface area (TPSA) is 15.3 Å². The number of rotatable bonds is 5. The van der Waals surface area contributed by atoms with Crippen LogP contribution >= 0.6 is 0 Å². The highest BCUT2D eigenvalue weighted by Crippen LogP contribution is 2.16. The van der Waals surface area contributed by atoms with Crippen LogP contribution in [0.15, 0.2) is 24.3 Å². The van der Waals surface area contributed by atoms with Gasteiger partial charge in [0.05, 0.1) is 0 Å². The lowest BCUT2D eigenvalue weighted by Crippen LogP contribution is -2.14. The van der Waals surface area contributed by atoms with Crippen LogP contribution < -0.4 is 10.2 Å². The van der Waals surface area contributed by atoms with Crippen LogP contribution in [0.2, 0.25) is 0 Å². The van der Waals surface area contributed by atoms with Crippen molar-refractivity contribution in [2.75, 3.05) is 24.3 Å². The van der Waals surface area contributed by atoms with Crippen molar-refractivity contribution in [3.63, 3.8) is 0 Å². The quantitative estimate of drug-likeness (QED) is 0.794. The second-order valence-electron chi connectivity index (χ2n) is 4.28. The standard InChI is InChI=1S/C13H22N2/c1-5-6-11(2)14-12-7-9-13(10-8-12)15(3)4/h7-11,14H,5-6H2,1-4H3/t11-/m0/s1. The van der Waals surface area contributed by atoms with Gasteiger partial charge in [-0.05, 0) is 37.6 Å². The molecule has 0 spiro atoms. The van der Waals surface area contributed by atoms with Crippen molar-refractivity contribution < 1.29 is 0 Å². The molecule has 0 radical (unpaired) electrons. The summed E-state index contributed by atoms with van der Waals surface area (Å²) >= 11 is 0. The summed E-state index contributed by atoms with van der Waals surface area (Å²) in [5, 5.41) is 3.49. The molecule has 0 amide bonds. The summed E-state index contributed by atoms with van der Waals surface area (Å²) < 4.78 is 0. The van der Waals surface area contributed by atoms with Gasteiger partial charge >= 0.3 is 0 Å². The molecule has 2 heteroatoms. The Balaban J connectivity index is 2.56. The van der Waals surface area contributed by atoms with Crippen LogP contribution in [0, 0.1) is 0 Å². The van der Waals surface area contributed by atoms with Crippen molar-refractivity contribution in [3.8, 4) is 0 Å². The first kappa shape index (κ1) is 11.9. The molecule has 0 saturated heterocycles. The van der Waals surface area contributed by atoms with Gasteiger partial charge in [-0.25, -0.2) is 0 Å². The van der Waals surface area contributed by atoms with E-state index in [0.29, 0.717) is 6.04 Å². The zero-order valence-corrected chi connectivity index (χ0v) is 10.2. The average Bonchev–Trinajstić information content (AvgIpc) is 2.18. The molecular weight excluding hydrogens is 184 g/mol. The molecule has 1 N–H and O–H groups in total.